The topological polar surface area (TPSA) is 70.1 Å². The standard InChI is InChI=1S/C16H26F2N2O4/c1-5-10(13(21)24-15(2,3)4)8-19-7-6-11-12(19)16(17,18)9-20(11)14(22)23/h10-12H,5-9H2,1-4H3,(H,22,23). The van der Waals surface area contributed by atoms with Crippen LogP contribution in [-0.2, 0) is 9.53 Å². The molecule has 0 aromatic carbocycles. The molecule has 0 aliphatic carbocycles. The molecular weight excluding hydrogens is 322 g/mol. The van der Waals surface area contributed by atoms with Crippen LogP contribution in [0.1, 0.15) is 40.5 Å². The number of halogens is 2. The summed E-state index contributed by atoms with van der Waals surface area (Å²) in [6.45, 7) is 6.84. The summed E-state index contributed by atoms with van der Waals surface area (Å²) >= 11 is 0. The summed E-state index contributed by atoms with van der Waals surface area (Å²) in [6.07, 6.45) is -0.475. The second kappa shape index (κ2) is 6.46. The number of carbonyl (C=O) groups excluding carboxylic acids is 1. The molecule has 6 nitrogen and oxygen atoms in total. The molecule has 0 bridgehead atoms. The molecule has 0 spiro atoms. The maximum Gasteiger partial charge on any atom is 0.407 e. The van der Waals surface area contributed by atoms with E-state index in [1.165, 1.54) is 0 Å². The zero-order valence-electron chi connectivity index (χ0n) is 14.6. The first kappa shape index (κ1) is 18.9. The molecule has 138 valence electrons. The largest absolute Gasteiger partial charge is 0.465 e. The van der Waals surface area contributed by atoms with Gasteiger partial charge in [-0.1, -0.05) is 6.92 Å². The van der Waals surface area contributed by atoms with E-state index in [1.54, 1.807) is 25.7 Å². The molecular formula is C16H26F2N2O4. The molecule has 8 heteroatoms. The van der Waals surface area contributed by atoms with Gasteiger partial charge in [-0.2, -0.15) is 0 Å². The second-order valence-electron chi connectivity index (χ2n) is 7.61. The van der Waals surface area contributed by atoms with Crippen molar-refractivity contribution in [2.45, 2.75) is 64.1 Å². The van der Waals surface area contributed by atoms with Gasteiger partial charge in [0, 0.05) is 13.1 Å². The fourth-order valence-corrected chi connectivity index (χ4v) is 3.60. The lowest BCUT2D eigenvalue weighted by Crippen LogP contribution is -2.48. The summed E-state index contributed by atoms with van der Waals surface area (Å²) in [5.74, 6) is -4.01. The van der Waals surface area contributed by atoms with Crippen molar-refractivity contribution in [3.63, 3.8) is 0 Å². The van der Waals surface area contributed by atoms with Crippen LogP contribution < -0.4 is 0 Å². The average molecular weight is 348 g/mol. The highest BCUT2D eigenvalue weighted by molar-refractivity contribution is 5.73. The van der Waals surface area contributed by atoms with Gasteiger partial charge < -0.3 is 9.84 Å². The molecule has 2 fully saturated rings. The number of nitrogens with zero attached hydrogens (tertiary/aromatic N) is 2. The quantitative estimate of drug-likeness (QED) is 0.790. The predicted octanol–water partition coefficient (Wildman–Crippen LogP) is 2.43. The van der Waals surface area contributed by atoms with Gasteiger partial charge in [-0.3, -0.25) is 14.6 Å². The monoisotopic (exact) mass is 348 g/mol. The molecule has 3 unspecified atom stereocenters. The lowest BCUT2D eigenvalue weighted by molar-refractivity contribution is -0.161. The number of carboxylic acid groups (broad SMARTS) is 1. The highest BCUT2D eigenvalue weighted by Crippen LogP contribution is 2.41. The zero-order chi connectivity index (χ0) is 18.3. The number of ether oxygens (including phenoxy) is 1. The third-order valence-electron chi connectivity index (χ3n) is 4.62. The van der Waals surface area contributed by atoms with Crippen LogP contribution in [-0.4, -0.2) is 70.2 Å². The van der Waals surface area contributed by atoms with Crippen molar-refractivity contribution in [1.82, 2.24) is 9.80 Å². The Morgan fingerprint density at radius 3 is 2.50 bits per heavy atom. The molecule has 2 rings (SSSR count). The Hall–Kier alpha value is -1.44. The molecule has 2 aliphatic heterocycles. The maximum absolute atomic E-state index is 14.3. The van der Waals surface area contributed by atoms with Crippen LogP contribution in [0, 0.1) is 5.92 Å². The van der Waals surface area contributed by atoms with E-state index in [0.717, 1.165) is 4.90 Å². The van der Waals surface area contributed by atoms with Crippen LogP contribution in [0.25, 0.3) is 0 Å². The lowest BCUT2D eigenvalue weighted by atomic mass is 10.0. The Balaban J connectivity index is 2.10. The van der Waals surface area contributed by atoms with Gasteiger partial charge in [0.1, 0.15) is 5.60 Å². The number of carbonyl (C=O) groups is 2. The van der Waals surface area contributed by atoms with Crippen LogP contribution in [0.5, 0.6) is 0 Å². The highest BCUT2D eigenvalue weighted by Gasteiger charge is 2.61. The molecule has 1 amide bonds. The van der Waals surface area contributed by atoms with Gasteiger partial charge in [-0.15, -0.1) is 0 Å². The van der Waals surface area contributed by atoms with Crippen molar-refractivity contribution in [2.24, 2.45) is 5.92 Å². The number of amides is 1. The van der Waals surface area contributed by atoms with Crippen molar-refractivity contribution in [3.8, 4) is 0 Å². The van der Waals surface area contributed by atoms with Crippen molar-refractivity contribution in [2.75, 3.05) is 19.6 Å². The van der Waals surface area contributed by atoms with Gasteiger partial charge in [0.05, 0.1) is 24.5 Å². The molecule has 0 aromatic rings. The Morgan fingerprint density at radius 1 is 1.38 bits per heavy atom. The molecule has 2 saturated heterocycles. The first-order valence-corrected chi connectivity index (χ1v) is 8.30. The molecule has 0 radical (unpaired) electrons. The smallest absolute Gasteiger partial charge is 0.407 e. The Labute approximate surface area is 140 Å². The van der Waals surface area contributed by atoms with E-state index in [9.17, 15) is 18.4 Å². The van der Waals surface area contributed by atoms with E-state index in [2.05, 4.69) is 0 Å². The minimum absolute atomic E-state index is 0.162. The molecule has 0 saturated carbocycles. The normalized spacial score (nSPS) is 27.8. The van der Waals surface area contributed by atoms with E-state index in [0.29, 0.717) is 19.4 Å². The average Bonchev–Trinajstić information content (AvgIpc) is 2.94. The van der Waals surface area contributed by atoms with Crippen molar-refractivity contribution >= 4 is 12.1 Å². The van der Waals surface area contributed by atoms with Crippen LogP contribution in [0.2, 0.25) is 0 Å². The Bertz CT molecular complexity index is 507. The molecule has 0 aromatic heterocycles. The van der Waals surface area contributed by atoms with Crippen molar-refractivity contribution in [3.05, 3.63) is 0 Å². The van der Waals surface area contributed by atoms with Gasteiger partial charge in [-0.05, 0) is 33.6 Å². The van der Waals surface area contributed by atoms with Gasteiger partial charge in [0.2, 0.25) is 0 Å². The van der Waals surface area contributed by atoms with Crippen molar-refractivity contribution in [1.29, 1.82) is 0 Å². The summed E-state index contributed by atoms with van der Waals surface area (Å²) in [5.41, 5.74) is -0.630. The highest BCUT2D eigenvalue weighted by atomic mass is 19.3. The summed E-state index contributed by atoms with van der Waals surface area (Å²) in [4.78, 5) is 25.8. The van der Waals surface area contributed by atoms with E-state index in [-0.39, 0.29) is 6.54 Å². The molecule has 24 heavy (non-hydrogen) atoms. The summed E-state index contributed by atoms with van der Waals surface area (Å²) in [6, 6.07) is -1.88. The van der Waals surface area contributed by atoms with E-state index < -0.39 is 48.1 Å². The van der Waals surface area contributed by atoms with Crippen molar-refractivity contribution < 1.29 is 28.2 Å². The van der Waals surface area contributed by atoms with Gasteiger partial charge in [0.15, 0.2) is 0 Å². The number of likely N-dealkylation sites (tertiary alicyclic amines) is 2. The van der Waals surface area contributed by atoms with Crippen LogP contribution >= 0.6 is 0 Å². The van der Waals surface area contributed by atoms with E-state index in [1.807, 2.05) is 6.92 Å². The third-order valence-corrected chi connectivity index (χ3v) is 4.62. The fraction of sp³-hybridized carbons (Fsp3) is 0.875. The van der Waals surface area contributed by atoms with Gasteiger partial charge in [0.25, 0.3) is 5.92 Å². The number of rotatable bonds is 4. The fourth-order valence-electron chi connectivity index (χ4n) is 3.60. The van der Waals surface area contributed by atoms with E-state index in [4.69, 9.17) is 9.84 Å². The number of esters is 1. The Kier molecular flexibility index (Phi) is 5.09. The number of hydrogen-bond acceptors (Lipinski definition) is 4. The van der Waals surface area contributed by atoms with Crippen LogP contribution in [0.4, 0.5) is 13.6 Å². The van der Waals surface area contributed by atoms with Crippen LogP contribution in [0.3, 0.4) is 0 Å². The van der Waals surface area contributed by atoms with Crippen LogP contribution in [0.15, 0.2) is 0 Å². The molecule has 2 aliphatic rings. The number of hydrogen-bond donors (Lipinski definition) is 1. The first-order valence-electron chi connectivity index (χ1n) is 8.30. The molecule has 3 atom stereocenters. The number of fused-ring (bicyclic) bond motifs is 1. The first-order chi connectivity index (χ1) is 11.0. The van der Waals surface area contributed by atoms with E-state index >= 15 is 0 Å². The lowest BCUT2D eigenvalue weighted by Gasteiger charge is -2.31. The minimum Gasteiger partial charge on any atom is -0.465 e. The predicted molar refractivity (Wildman–Crippen MR) is 83.1 cm³/mol. The van der Waals surface area contributed by atoms with Gasteiger partial charge >= 0.3 is 12.1 Å². The SMILES string of the molecule is CCC(CN1CCC2C1C(F)(F)CN2C(=O)O)C(=O)OC(C)(C)C. The summed E-state index contributed by atoms with van der Waals surface area (Å²) in [5, 5.41) is 9.12. The molecule has 2 heterocycles. The molecule has 1 N–H and O–H groups in total. The zero-order valence-corrected chi connectivity index (χ0v) is 14.6. The second-order valence-corrected chi connectivity index (χ2v) is 7.61. The number of alkyl halides is 2. The Morgan fingerprint density at radius 2 is 2.00 bits per heavy atom. The summed E-state index contributed by atoms with van der Waals surface area (Å²) in [7, 11) is 0. The summed E-state index contributed by atoms with van der Waals surface area (Å²) < 4.78 is 34.0. The third kappa shape index (κ3) is 3.79. The minimum atomic E-state index is -3.11. The maximum atomic E-state index is 14.3. The van der Waals surface area contributed by atoms with Gasteiger partial charge in [-0.25, -0.2) is 13.6 Å².